The number of para-hydroxylation sites is 1. The second-order valence-electron chi connectivity index (χ2n) is 4.96. The maximum Gasteiger partial charge on any atom is 0.149 e. The van der Waals surface area contributed by atoms with Crippen LogP contribution in [0.2, 0.25) is 0 Å². The van der Waals surface area contributed by atoms with Gasteiger partial charge in [0.15, 0.2) is 0 Å². The summed E-state index contributed by atoms with van der Waals surface area (Å²) in [6.07, 6.45) is 1.22. The third kappa shape index (κ3) is 3.89. The standard InChI is InChI=1S/C14H17N3O2S2/c1-17(7-8-21(2,18)19)13-9-11(14(15)20)10-5-3-4-6-12(10)16-13/h3-6,9H,7-8H2,1-2H3,(H2,15,20). The zero-order chi connectivity index (χ0) is 15.6. The molecule has 5 nitrogen and oxygen atoms in total. The first-order chi connectivity index (χ1) is 9.78. The molecule has 1 aromatic carbocycles. The van der Waals surface area contributed by atoms with Gasteiger partial charge >= 0.3 is 0 Å². The number of nitrogens with two attached hydrogens (primary N) is 1. The van der Waals surface area contributed by atoms with Crippen LogP contribution in [0.5, 0.6) is 0 Å². The predicted molar refractivity (Wildman–Crippen MR) is 90.6 cm³/mol. The summed E-state index contributed by atoms with van der Waals surface area (Å²) in [7, 11) is -1.22. The molecule has 1 heterocycles. The maximum atomic E-state index is 11.3. The minimum atomic E-state index is -3.02. The molecular formula is C14H17N3O2S2. The molecule has 0 saturated carbocycles. The molecule has 21 heavy (non-hydrogen) atoms. The maximum absolute atomic E-state index is 11.3. The first-order valence-corrected chi connectivity index (χ1v) is 8.83. The fraction of sp³-hybridized carbons (Fsp3) is 0.286. The third-order valence-corrected chi connectivity index (χ3v) is 4.30. The van der Waals surface area contributed by atoms with Gasteiger partial charge in [0.2, 0.25) is 0 Å². The van der Waals surface area contributed by atoms with Gasteiger partial charge in [-0.2, -0.15) is 0 Å². The van der Waals surface area contributed by atoms with E-state index < -0.39 is 9.84 Å². The van der Waals surface area contributed by atoms with Crippen molar-refractivity contribution in [3.8, 4) is 0 Å². The van der Waals surface area contributed by atoms with Crippen molar-refractivity contribution in [1.82, 2.24) is 4.98 Å². The van der Waals surface area contributed by atoms with E-state index in [2.05, 4.69) is 4.98 Å². The van der Waals surface area contributed by atoms with Gasteiger partial charge in [-0.05, 0) is 12.1 Å². The van der Waals surface area contributed by atoms with Crippen LogP contribution in [0.4, 0.5) is 5.82 Å². The Kier molecular flexibility index (Phi) is 4.43. The lowest BCUT2D eigenvalue weighted by Crippen LogP contribution is -2.26. The topological polar surface area (TPSA) is 76.3 Å². The van der Waals surface area contributed by atoms with Gasteiger partial charge in [-0.1, -0.05) is 30.4 Å². The molecule has 2 rings (SSSR count). The Labute approximate surface area is 129 Å². The highest BCUT2D eigenvalue weighted by Gasteiger charge is 2.12. The summed E-state index contributed by atoms with van der Waals surface area (Å²) in [5.41, 5.74) is 7.31. The van der Waals surface area contributed by atoms with Crippen LogP contribution in [0, 0.1) is 0 Å². The number of nitrogens with zero attached hydrogens (tertiary/aromatic N) is 2. The summed E-state index contributed by atoms with van der Waals surface area (Å²) in [5.74, 6) is 0.723. The van der Waals surface area contributed by atoms with Gasteiger partial charge in [-0.25, -0.2) is 13.4 Å². The van der Waals surface area contributed by atoms with Gasteiger partial charge in [-0.3, -0.25) is 0 Å². The number of hydrogen-bond acceptors (Lipinski definition) is 5. The molecule has 0 bridgehead atoms. The van der Waals surface area contributed by atoms with E-state index in [1.807, 2.05) is 24.3 Å². The van der Waals surface area contributed by atoms with Gasteiger partial charge < -0.3 is 10.6 Å². The summed E-state index contributed by atoms with van der Waals surface area (Å²) in [6, 6.07) is 9.38. The lowest BCUT2D eigenvalue weighted by atomic mass is 10.1. The molecular weight excluding hydrogens is 306 g/mol. The number of pyridine rings is 1. The Balaban J connectivity index is 2.43. The zero-order valence-electron chi connectivity index (χ0n) is 11.9. The molecule has 0 saturated heterocycles. The van der Waals surface area contributed by atoms with Crippen LogP contribution in [-0.2, 0) is 9.84 Å². The first-order valence-electron chi connectivity index (χ1n) is 6.36. The first kappa shape index (κ1) is 15.7. The number of fused-ring (bicyclic) bond motifs is 1. The number of benzene rings is 1. The van der Waals surface area contributed by atoms with E-state index in [1.54, 1.807) is 18.0 Å². The Morgan fingerprint density at radius 2 is 2.05 bits per heavy atom. The van der Waals surface area contributed by atoms with Crippen molar-refractivity contribution >= 4 is 43.8 Å². The highest BCUT2D eigenvalue weighted by Crippen LogP contribution is 2.22. The molecule has 0 aliphatic heterocycles. The number of rotatable bonds is 5. The molecule has 112 valence electrons. The molecule has 0 radical (unpaired) electrons. The highest BCUT2D eigenvalue weighted by molar-refractivity contribution is 7.90. The number of hydrogen-bond donors (Lipinski definition) is 1. The molecule has 0 aliphatic rings. The summed E-state index contributed by atoms with van der Waals surface area (Å²) in [4.78, 5) is 6.62. The molecule has 0 amide bonds. The molecule has 7 heteroatoms. The van der Waals surface area contributed by atoms with Crippen LogP contribution >= 0.6 is 12.2 Å². The average molecular weight is 323 g/mol. The molecule has 2 N–H and O–H groups in total. The minimum absolute atomic E-state index is 0.0699. The van der Waals surface area contributed by atoms with Crippen LogP contribution < -0.4 is 10.6 Å². The van der Waals surface area contributed by atoms with Gasteiger partial charge in [0.25, 0.3) is 0 Å². The SMILES string of the molecule is CN(CCS(C)(=O)=O)c1cc(C(N)=S)c2ccccc2n1. The Bertz CT molecular complexity index is 788. The second-order valence-corrected chi connectivity index (χ2v) is 7.66. The molecule has 0 unspecified atom stereocenters. The van der Waals surface area contributed by atoms with Crippen molar-refractivity contribution in [2.24, 2.45) is 5.73 Å². The number of aromatic nitrogens is 1. The summed E-state index contributed by atoms with van der Waals surface area (Å²) >= 11 is 5.10. The fourth-order valence-electron chi connectivity index (χ4n) is 1.98. The monoisotopic (exact) mass is 323 g/mol. The summed E-state index contributed by atoms with van der Waals surface area (Å²) in [6.45, 7) is 0.362. The van der Waals surface area contributed by atoms with Crippen molar-refractivity contribution in [1.29, 1.82) is 0 Å². The van der Waals surface area contributed by atoms with E-state index in [9.17, 15) is 8.42 Å². The van der Waals surface area contributed by atoms with Crippen LogP contribution in [0.1, 0.15) is 5.56 Å². The molecule has 1 aromatic heterocycles. The van der Waals surface area contributed by atoms with E-state index in [-0.39, 0.29) is 5.75 Å². The van der Waals surface area contributed by atoms with Crippen molar-refractivity contribution in [3.63, 3.8) is 0 Å². The smallest absolute Gasteiger partial charge is 0.149 e. The lowest BCUT2D eigenvalue weighted by molar-refractivity contribution is 0.601. The van der Waals surface area contributed by atoms with Crippen LogP contribution in [-0.4, -0.2) is 44.0 Å². The molecule has 0 fully saturated rings. The van der Waals surface area contributed by atoms with Crippen molar-refractivity contribution in [2.75, 3.05) is 30.5 Å². The fourth-order valence-corrected chi connectivity index (χ4v) is 2.75. The number of thiocarbonyl (C=S) groups is 1. The molecule has 2 aromatic rings. The third-order valence-electron chi connectivity index (χ3n) is 3.16. The largest absolute Gasteiger partial charge is 0.389 e. The van der Waals surface area contributed by atoms with E-state index in [1.165, 1.54) is 6.26 Å². The van der Waals surface area contributed by atoms with Gasteiger partial charge in [0, 0.05) is 30.8 Å². The van der Waals surface area contributed by atoms with Crippen LogP contribution in [0.3, 0.4) is 0 Å². The lowest BCUT2D eigenvalue weighted by Gasteiger charge is -2.19. The average Bonchev–Trinajstić information content (AvgIpc) is 2.42. The molecule has 0 spiro atoms. The van der Waals surface area contributed by atoms with E-state index in [0.29, 0.717) is 17.4 Å². The predicted octanol–water partition coefficient (Wildman–Crippen LogP) is 1.35. The van der Waals surface area contributed by atoms with Crippen molar-refractivity contribution in [3.05, 3.63) is 35.9 Å². The van der Waals surface area contributed by atoms with Crippen molar-refractivity contribution < 1.29 is 8.42 Å². The van der Waals surface area contributed by atoms with E-state index >= 15 is 0 Å². The van der Waals surface area contributed by atoms with E-state index in [0.717, 1.165) is 16.5 Å². The zero-order valence-corrected chi connectivity index (χ0v) is 13.5. The van der Waals surface area contributed by atoms with Crippen LogP contribution in [0.15, 0.2) is 30.3 Å². The molecule has 0 atom stereocenters. The minimum Gasteiger partial charge on any atom is -0.389 e. The number of sulfone groups is 1. The summed E-state index contributed by atoms with van der Waals surface area (Å²) in [5, 5.41) is 0.894. The number of anilines is 1. The van der Waals surface area contributed by atoms with Gasteiger partial charge in [-0.15, -0.1) is 0 Å². The van der Waals surface area contributed by atoms with Gasteiger partial charge in [0.1, 0.15) is 20.6 Å². The Morgan fingerprint density at radius 3 is 2.67 bits per heavy atom. The highest BCUT2D eigenvalue weighted by atomic mass is 32.2. The Hall–Kier alpha value is -1.73. The summed E-state index contributed by atoms with van der Waals surface area (Å²) < 4.78 is 22.5. The van der Waals surface area contributed by atoms with Crippen molar-refractivity contribution in [2.45, 2.75) is 0 Å². The molecule has 0 aliphatic carbocycles. The quantitative estimate of drug-likeness (QED) is 0.837. The normalized spacial score (nSPS) is 11.5. The van der Waals surface area contributed by atoms with Crippen LogP contribution in [0.25, 0.3) is 10.9 Å². The van der Waals surface area contributed by atoms with Gasteiger partial charge in [0.05, 0.1) is 11.3 Å². The second kappa shape index (κ2) is 5.95. The Morgan fingerprint density at radius 1 is 1.38 bits per heavy atom. The van der Waals surface area contributed by atoms with E-state index in [4.69, 9.17) is 18.0 Å².